The summed E-state index contributed by atoms with van der Waals surface area (Å²) in [6, 6.07) is 24.2. The summed E-state index contributed by atoms with van der Waals surface area (Å²) in [5, 5.41) is 12.1. The molecule has 3 aromatic rings. The lowest BCUT2D eigenvalue weighted by Crippen LogP contribution is -2.40. The Hall–Kier alpha value is -3.78. The molecule has 0 fully saturated rings. The van der Waals surface area contributed by atoms with Gasteiger partial charge in [0.1, 0.15) is 17.5 Å². The summed E-state index contributed by atoms with van der Waals surface area (Å²) in [5.74, 6) is 1.42. The maximum Gasteiger partial charge on any atom is 0.249 e. The number of anilines is 2. The van der Waals surface area contributed by atoms with Crippen LogP contribution in [0.25, 0.3) is 0 Å². The van der Waals surface area contributed by atoms with E-state index in [1.165, 1.54) is 5.56 Å². The molecule has 1 aliphatic heterocycles. The maximum absolute atomic E-state index is 12.9. The van der Waals surface area contributed by atoms with Gasteiger partial charge in [0.15, 0.2) is 0 Å². The number of carbonyl (C=O) groups excluding carboxylic acids is 1. The van der Waals surface area contributed by atoms with Crippen LogP contribution < -0.4 is 15.0 Å². The molecule has 1 amide bonds. The van der Waals surface area contributed by atoms with Crippen LogP contribution in [0.2, 0.25) is 0 Å². The van der Waals surface area contributed by atoms with Crippen LogP contribution >= 0.6 is 0 Å². The van der Waals surface area contributed by atoms with Crippen molar-refractivity contribution in [3.05, 3.63) is 83.9 Å². The number of benzene rings is 3. The van der Waals surface area contributed by atoms with Gasteiger partial charge in [0, 0.05) is 17.9 Å². The lowest BCUT2D eigenvalue weighted by atomic mass is 10.2. The van der Waals surface area contributed by atoms with Gasteiger partial charge in [-0.05, 0) is 73.5 Å². The van der Waals surface area contributed by atoms with Gasteiger partial charge in [0.25, 0.3) is 0 Å². The zero-order valence-electron chi connectivity index (χ0n) is 16.1. The van der Waals surface area contributed by atoms with E-state index in [1.54, 1.807) is 24.3 Å². The van der Waals surface area contributed by atoms with E-state index in [4.69, 9.17) is 10.00 Å². The number of carbonyl (C=O) groups is 1. The zero-order valence-corrected chi connectivity index (χ0v) is 16.1. The Morgan fingerprint density at radius 3 is 2.38 bits per heavy atom. The number of para-hydroxylation sites is 1. The number of hydrogen-bond donors (Lipinski definition) is 1. The van der Waals surface area contributed by atoms with Crippen LogP contribution in [0, 0.1) is 11.3 Å². The minimum atomic E-state index is -0.341. The SMILES string of the molecule is CC(Nc1ccc(Oc2ccc(C#N)cc2)cc1)C(=O)N1CCc2ccccc21. The third-order valence-electron chi connectivity index (χ3n) is 4.98. The van der Waals surface area contributed by atoms with Crippen LogP contribution in [-0.2, 0) is 11.2 Å². The predicted molar refractivity (Wildman–Crippen MR) is 113 cm³/mol. The number of amides is 1. The van der Waals surface area contributed by atoms with Crippen LogP contribution in [-0.4, -0.2) is 18.5 Å². The Morgan fingerprint density at radius 1 is 1.03 bits per heavy atom. The summed E-state index contributed by atoms with van der Waals surface area (Å²) < 4.78 is 5.79. The van der Waals surface area contributed by atoms with Crippen molar-refractivity contribution in [2.45, 2.75) is 19.4 Å². The predicted octanol–water partition coefficient (Wildman–Crippen LogP) is 4.74. The molecule has 4 rings (SSSR count). The molecule has 1 atom stereocenters. The first-order valence-electron chi connectivity index (χ1n) is 9.58. The smallest absolute Gasteiger partial charge is 0.249 e. The molecular weight excluding hydrogens is 362 g/mol. The first-order chi connectivity index (χ1) is 14.1. The Balaban J connectivity index is 1.38. The molecule has 1 unspecified atom stereocenters. The molecule has 144 valence electrons. The van der Waals surface area contributed by atoms with Crippen LogP contribution in [0.5, 0.6) is 11.5 Å². The fourth-order valence-corrected chi connectivity index (χ4v) is 3.47. The zero-order chi connectivity index (χ0) is 20.2. The number of fused-ring (bicyclic) bond motifs is 1. The van der Waals surface area contributed by atoms with Crippen LogP contribution in [0.15, 0.2) is 72.8 Å². The molecule has 5 nitrogen and oxygen atoms in total. The van der Waals surface area contributed by atoms with E-state index >= 15 is 0 Å². The average Bonchev–Trinajstić information content (AvgIpc) is 3.19. The number of nitrogens with zero attached hydrogens (tertiary/aromatic N) is 2. The second-order valence-corrected chi connectivity index (χ2v) is 7.00. The van der Waals surface area contributed by atoms with Gasteiger partial charge >= 0.3 is 0 Å². The van der Waals surface area contributed by atoms with Crippen molar-refractivity contribution in [3.63, 3.8) is 0 Å². The fraction of sp³-hybridized carbons (Fsp3) is 0.167. The van der Waals surface area contributed by atoms with E-state index in [0.717, 1.165) is 24.3 Å². The van der Waals surface area contributed by atoms with E-state index in [-0.39, 0.29) is 11.9 Å². The first kappa shape index (κ1) is 18.6. The number of nitrogens with one attached hydrogen (secondary N) is 1. The average molecular weight is 383 g/mol. The standard InChI is InChI=1S/C24H21N3O2/c1-17(24(28)27-15-14-19-4-2-3-5-23(19)27)26-20-8-12-22(13-9-20)29-21-10-6-18(16-25)7-11-21/h2-13,17,26H,14-15H2,1H3. The summed E-state index contributed by atoms with van der Waals surface area (Å²) >= 11 is 0. The van der Waals surface area contributed by atoms with Crippen molar-refractivity contribution in [2.24, 2.45) is 0 Å². The summed E-state index contributed by atoms with van der Waals surface area (Å²) in [7, 11) is 0. The van der Waals surface area contributed by atoms with Crippen molar-refractivity contribution >= 4 is 17.3 Å². The third kappa shape index (κ3) is 4.07. The molecule has 0 saturated carbocycles. The summed E-state index contributed by atoms with van der Waals surface area (Å²) in [5.41, 5.74) is 3.68. The lowest BCUT2D eigenvalue weighted by molar-refractivity contribution is -0.118. The van der Waals surface area contributed by atoms with Crippen molar-refractivity contribution in [3.8, 4) is 17.6 Å². The number of hydrogen-bond acceptors (Lipinski definition) is 4. The molecule has 0 saturated heterocycles. The van der Waals surface area contributed by atoms with E-state index in [2.05, 4.69) is 17.5 Å². The van der Waals surface area contributed by atoms with Gasteiger partial charge in [0.2, 0.25) is 5.91 Å². The van der Waals surface area contributed by atoms with E-state index in [0.29, 0.717) is 17.1 Å². The second kappa shape index (κ2) is 8.07. The molecule has 1 N–H and O–H groups in total. The van der Waals surface area contributed by atoms with Crippen LogP contribution in [0.3, 0.4) is 0 Å². The minimum absolute atomic E-state index is 0.0628. The van der Waals surface area contributed by atoms with Crippen molar-refractivity contribution in [1.82, 2.24) is 0 Å². The van der Waals surface area contributed by atoms with Gasteiger partial charge in [-0.1, -0.05) is 18.2 Å². The van der Waals surface area contributed by atoms with Gasteiger partial charge in [-0.25, -0.2) is 0 Å². The summed E-state index contributed by atoms with van der Waals surface area (Å²) in [4.78, 5) is 14.7. The highest BCUT2D eigenvalue weighted by Crippen LogP contribution is 2.28. The third-order valence-corrected chi connectivity index (χ3v) is 4.98. The van der Waals surface area contributed by atoms with Gasteiger partial charge in [0.05, 0.1) is 11.6 Å². The topological polar surface area (TPSA) is 65.4 Å². The highest BCUT2D eigenvalue weighted by molar-refractivity contribution is 6.00. The molecule has 0 aromatic heterocycles. The molecule has 1 heterocycles. The molecule has 1 aliphatic rings. The fourth-order valence-electron chi connectivity index (χ4n) is 3.47. The Labute approximate surface area is 170 Å². The molecule has 0 bridgehead atoms. The van der Waals surface area contributed by atoms with Gasteiger partial charge < -0.3 is 15.0 Å². The first-order valence-corrected chi connectivity index (χ1v) is 9.58. The Morgan fingerprint density at radius 2 is 1.69 bits per heavy atom. The van der Waals surface area contributed by atoms with Crippen LogP contribution in [0.4, 0.5) is 11.4 Å². The molecule has 0 radical (unpaired) electrons. The van der Waals surface area contributed by atoms with E-state index < -0.39 is 0 Å². The Bertz CT molecular complexity index is 1050. The summed E-state index contributed by atoms with van der Waals surface area (Å²) in [6.45, 7) is 2.60. The molecule has 0 aliphatic carbocycles. The molecular formula is C24H21N3O2. The van der Waals surface area contributed by atoms with Crippen molar-refractivity contribution in [2.75, 3.05) is 16.8 Å². The molecule has 3 aromatic carbocycles. The normalized spacial score (nSPS) is 13.3. The second-order valence-electron chi connectivity index (χ2n) is 7.00. The summed E-state index contributed by atoms with van der Waals surface area (Å²) in [6.07, 6.45) is 0.899. The lowest BCUT2D eigenvalue weighted by Gasteiger charge is -2.23. The monoisotopic (exact) mass is 383 g/mol. The number of ether oxygens (including phenoxy) is 1. The Kier molecular flexibility index (Phi) is 5.17. The van der Waals surface area contributed by atoms with E-state index in [9.17, 15) is 4.79 Å². The minimum Gasteiger partial charge on any atom is -0.457 e. The highest BCUT2D eigenvalue weighted by Gasteiger charge is 2.27. The molecule has 0 spiro atoms. The number of rotatable bonds is 5. The molecule has 29 heavy (non-hydrogen) atoms. The van der Waals surface area contributed by atoms with Crippen LogP contribution in [0.1, 0.15) is 18.1 Å². The maximum atomic E-state index is 12.9. The molecule has 5 heteroatoms. The van der Waals surface area contributed by atoms with Gasteiger partial charge in [-0.3, -0.25) is 4.79 Å². The largest absolute Gasteiger partial charge is 0.457 e. The highest BCUT2D eigenvalue weighted by atomic mass is 16.5. The van der Waals surface area contributed by atoms with Crippen molar-refractivity contribution in [1.29, 1.82) is 5.26 Å². The van der Waals surface area contributed by atoms with Gasteiger partial charge in [-0.15, -0.1) is 0 Å². The van der Waals surface area contributed by atoms with Crippen molar-refractivity contribution < 1.29 is 9.53 Å². The quantitative estimate of drug-likeness (QED) is 0.691. The van der Waals surface area contributed by atoms with Gasteiger partial charge in [-0.2, -0.15) is 5.26 Å². The number of nitriles is 1. The van der Waals surface area contributed by atoms with E-state index in [1.807, 2.05) is 54.3 Å².